The molecule has 0 aliphatic carbocycles. The van der Waals surface area contributed by atoms with Crippen LogP contribution in [0.25, 0.3) is 0 Å². The molecule has 4 nitrogen and oxygen atoms in total. The number of nitro benzene ring substituents is 1. The zero-order chi connectivity index (χ0) is 13.7. The van der Waals surface area contributed by atoms with E-state index in [1.54, 1.807) is 6.07 Å². The van der Waals surface area contributed by atoms with Gasteiger partial charge in [0.05, 0.1) is 17.6 Å². The summed E-state index contributed by atoms with van der Waals surface area (Å²) >= 11 is 5.72. The van der Waals surface area contributed by atoms with Crippen LogP contribution in [0.1, 0.15) is 5.56 Å². The number of rotatable bonds is 5. The highest BCUT2D eigenvalue weighted by molar-refractivity contribution is 6.32. The summed E-state index contributed by atoms with van der Waals surface area (Å²) in [5.41, 5.74) is 1.02. The third kappa shape index (κ3) is 3.69. The molecule has 98 valence electrons. The van der Waals surface area contributed by atoms with Gasteiger partial charge in [0.25, 0.3) is 5.69 Å². The Kier molecular flexibility index (Phi) is 4.36. The van der Waals surface area contributed by atoms with Crippen molar-refractivity contribution in [3.8, 4) is 5.75 Å². The second kappa shape index (κ2) is 6.20. The molecule has 0 unspecified atom stereocenters. The summed E-state index contributed by atoms with van der Waals surface area (Å²) in [5, 5.41) is 10.8. The maximum atomic E-state index is 10.7. The SMILES string of the molecule is O=[N+]([O-])c1cc(OCCc2ccccc2)ccc1Cl. The summed E-state index contributed by atoms with van der Waals surface area (Å²) < 4.78 is 5.49. The molecule has 0 aliphatic heterocycles. The molecule has 0 heterocycles. The fourth-order valence-corrected chi connectivity index (χ4v) is 1.84. The molecule has 19 heavy (non-hydrogen) atoms. The Morgan fingerprint density at radius 2 is 1.89 bits per heavy atom. The Morgan fingerprint density at radius 1 is 1.16 bits per heavy atom. The summed E-state index contributed by atoms with van der Waals surface area (Å²) in [6, 6.07) is 14.3. The second-order valence-electron chi connectivity index (χ2n) is 3.95. The monoisotopic (exact) mass is 277 g/mol. The molecule has 0 amide bonds. The molecule has 5 heteroatoms. The predicted molar refractivity (Wildman–Crippen MR) is 73.7 cm³/mol. The summed E-state index contributed by atoms with van der Waals surface area (Å²) in [7, 11) is 0. The zero-order valence-corrected chi connectivity index (χ0v) is 10.8. The Morgan fingerprint density at radius 3 is 2.58 bits per heavy atom. The highest BCUT2D eigenvalue weighted by Crippen LogP contribution is 2.28. The van der Waals surface area contributed by atoms with E-state index in [0.717, 1.165) is 12.0 Å². The number of hydrogen-bond acceptors (Lipinski definition) is 3. The van der Waals surface area contributed by atoms with Crippen LogP contribution in [-0.4, -0.2) is 11.5 Å². The van der Waals surface area contributed by atoms with E-state index in [1.165, 1.54) is 12.1 Å². The molecule has 0 spiro atoms. The van der Waals surface area contributed by atoms with E-state index >= 15 is 0 Å². The van der Waals surface area contributed by atoms with Gasteiger partial charge in [-0.3, -0.25) is 10.1 Å². The van der Waals surface area contributed by atoms with Gasteiger partial charge in [0, 0.05) is 6.42 Å². The van der Waals surface area contributed by atoms with Gasteiger partial charge in [0.15, 0.2) is 0 Å². The first kappa shape index (κ1) is 13.4. The molecule has 2 rings (SSSR count). The van der Waals surface area contributed by atoms with Gasteiger partial charge in [-0.2, -0.15) is 0 Å². The van der Waals surface area contributed by atoms with E-state index in [9.17, 15) is 10.1 Å². The number of hydrogen-bond donors (Lipinski definition) is 0. The highest BCUT2D eigenvalue weighted by atomic mass is 35.5. The van der Waals surface area contributed by atoms with Crippen LogP contribution in [-0.2, 0) is 6.42 Å². The predicted octanol–water partition coefficient (Wildman–Crippen LogP) is 3.87. The molecule has 0 atom stereocenters. The summed E-state index contributed by atoms with van der Waals surface area (Å²) in [5.74, 6) is 0.451. The number of ether oxygens (including phenoxy) is 1. The van der Waals surface area contributed by atoms with Crippen molar-refractivity contribution in [2.75, 3.05) is 6.61 Å². The first-order valence-electron chi connectivity index (χ1n) is 5.77. The lowest BCUT2D eigenvalue weighted by Gasteiger charge is -2.06. The maximum Gasteiger partial charge on any atom is 0.291 e. The normalized spacial score (nSPS) is 10.2. The molecule has 0 aliphatic rings. The molecule has 0 bridgehead atoms. The van der Waals surface area contributed by atoms with Crippen molar-refractivity contribution in [3.63, 3.8) is 0 Å². The Labute approximate surface area is 115 Å². The first-order chi connectivity index (χ1) is 9.16. The molecular weight excluding hydrogens is 266 g/mol. The largest absolute Gasteiger partial charge is 0.493 e. The summed E-state index contributed by atoms with van der Waals surface area (Å²) in [6.45, 7) is 0.461. The molecule has 0 radical (unpaired) electrons. The van der Waals surface area contributed by atoms with Gasteiger partial charge in [-0.25, -0.2) is 0 Å². The lowest BCUT2D eigenvalue weighted by Crippen LogP contribution is -2.01. The standard InChI is InChI=1S/C14H12ClNO3/c15-13-7-6-12(10-14(13)16(17)18)19-9-8-11-4-2-1-3-5-11/h1-7,10H,8-9H2. The molecule has 0 N–H and O–H groups in total. The molecule has 0 saturated heterocycles. The summed E-state index contributed by atoms with van der Waals surface area (Å²) in [6.07, 6.45) is 0.747. The van der Waals surface area contributed by atoms with Crippen LogP contribution in [0.15, 0.2) is 48.5 Å². The average molecular weight is 278 g/mol. The quantitative estimate of drug-likeness (QED) is 0.616. The topological polar surface area (TPSA) is 52.4 Å². The van der Waals surface area contributed by atoms with Crippen molar-refractivity contribution in [1.82, 2.24) is 0 Å². The fraction of sp³-hybridized carbons (Fsp3) is 0.143. The van der Waals surface area contributed by atoms with Gasteiger partial charge in [0.1, 0.15) is 10.8 Å². The minimum absolute atomic E-state index is 0.111. The van der Waals surface area contributed by atoms with Crippen molar-refractivity contribution >= 4 is 17.3 Å². The average Bonchev–Trinajstić information content (AvgIpc) is 2.41. The van der Waals surface area contributed by atoms with Gasteiger partial charge in [-0.15, -0.1) is 0 Å². The van der Waals surface area contributed by atoms with Gasteiger partial charge < -0.3 is 4.74 Å². The number of benzene rings is 2. The van der Waals surface area contributed by atoms with Crippen LogP contribution in [0.5, 0.6) is 5.75 Å². The second-order valence-corrected chi connectivity index (χ2v) is 4.36. The van der Waals surface area contributed by atoms with E-state index in [4.69, 9.17) is 16.3 Å². The molecule has 2 aromatic rings. The van der Waals surface area contributed by atoms with Crippen molar-refractivity contribution in [2.24, 2.45) is 0 Å². The molecule has 0 saturated carbocycles. The lowest BCUT2D eigenvalue weighted by atomic mass is 10.2. The smallest absolute Gasteiger partial charge is 0.291 e. The number of halogens is 1. The summed E-state index contributed by atoms with van der Waals surface area (Å²) in [4.78, 5) is 10.2. The van der Waals surface area contributed by atoms with E-state index in [-0.39, 0.29) is 10.7 Å². The number of nitrogens with zero attached hydrogens (tertiary/aromatic N) is 1. The molecule has 0 aromatic heterocycles. The van der Waals surface area contributed by atoms with Gasteiger partial charge in [-0.05, 0) is 17.7 Å². The van der Waals surface area contributed by atoms with E-state index in [0.29, 0.717) is 12.4 Å². The van der Waals surface area contributed by atoms with E-state index in [2.05, 4.69) is 0 Å². The van der Waals surface area contributed by atoms with Crippen molar-refractivity contribution < 1.29 is 9.66 Å². The van der Waals surface area contributed by atoms with Crippen LogP contribution in [0.2, 0.25) is 5.02 Å². The third-order valence-electron chi connectivity index (χ3n) is 2.62. The number of nitro groups is 1. The van der Waals surface area contributed by atoms with E-state index < -0.39 is 4.92 Å². The first-order valence-corrected chi connectivity index (χ1v) is 6.15. The van der Waals surface area contributed by atoms with Crippen LogP contribution >= 0.6 is 11.6 Å². The third-order valence-corrected chi connectivity index (χ3v) is 2.94. The minimum Gasteiger partial charge on any atom is -0.493 e. The van der Waals surface area contributed by atoms with E-state index in [1.807, 2.05) is 30.3 Å². The zero-order valence-electron chi connectivity index (χ0n) is 10.1. The van der Waals surface area contributed by atoms with Crippen molar-refractivity contribution in [1.29, 1.82) is 0 Å². The van der Waals surface area contributed by atoms with Crippen LogP contribution in [0.4, 0.5) is 5.69 Å². The van der Waals surface area contributed by atoms with Crippen LogP contribution < -0.4 is 4.74 Å². The Hall–Kier alpha value is -2.07. The minimum atomic E-state index is -0.521. The lowest BCUT2D eigenvalue weighted by molar-refractivity contribution is -0.384. The highest BCUT2D eigenvalue weighted by Gasteiger charge is 2.13. The Bertz CT molecular complexity index is 572. The van der Waals surface area contributed by atoms with Crippen molar-refractivity contribution in [3.05, 3.63) is 69.2 Å². The molecule has 0 fully saturated rings. The molecular formula is C14H12ClNO3. The van der Waals surface area contributed by atoms with Crippen molar-refractivity contribution in [2.45, 2.75) is 6.42 Å². The Balaban J connectivity index is 1.97. The molecule has 2 aromatic carbocycles. The fourth-order valence-electron chi connectivity index (χ4n) is 1.65. The van der Waals surface area contributed by atoms with Gasteiger partial charge in [-0.1, -0.05) is 41.9 Å². The van der Waals surface area contributed by atoms with Gasteiger partial charge in [0.2, 0.25) is 0 Å². The maximum absolute atomic E-state index is 10.7. The van der Waals surface area contributed by atoms with Crippen LogP contribution in [0.3, 0.4) is 0 Å². The van der Waals surface area contributed by atoms with Gasteiger partial charge >= 0.3 is 0 Å². The van der Waals surface area contributed by atoms with Crippen LogP contribution in [0, 0.1) is 10.1 Å².